The molecule has 0 bridgehead atoms. The maximum Gasteiger partial charge on any atom is 0.237 e. The van der Waals surface area contributed by atoms with Crippen LogP contribution in [-0.4, -0.2) is 28.5 Å². The highest BCUT2D eigenvalue weighted by Crippen LogP contribution is 2.32. The van der Waals surface area contributed by atoms with Crippen LogP contribution >= 0.6 is 0 Å². The van der Waals surface area contributed by atoms with Gasteiger partial charge in [-0.15, -0.1) is 0 Å². The highest BCUT2D eigenvalue weighted by Gasteiger charge is 2.16. The van der Waals surface area contributed by atoms with Crippen LogP contribution in [0.4, 0.5) is 4.39 Å². The molecular weight excluding hydrogens is 419 g/mol. The zero-order valence-corrected chi connectivity index (χ0v) is 18.9. The number of ether oxygens (including phenoxy) is 1. The molecule has 6 nitrogen and oxygen atoms in total. The smallest absolute Gasteiger partial charge is 0.237 e. The van der Waals surface area contributed by atoms with E-state index in [-0.39, 0.29) is 18.1 Å². The van der Waals surface area contributed by atoms with Gasteiger partial charge in [-0.2, -0.15) is 0 Å². The van der Waals surface area contributed by atoms with Gasteiger partial charge in [-0.25, -0.2) is 9.37 Å². The predicted molar refractivity (Wildman–Crippen MR) is 130 cm³/mol. The minimum Gasteiger partial charge on any atom is -0.453 e. The van der Waals surface area contributed by atoms with E-state index >= 15 is 0 Å². The fourth-order valence-corrected chi connectivity index (χ4v) is 3.42. The van der Waals surface area contributed by atoms with Gasteiger partial charge < -0.3 is 20.8 Å². The van der Waals surface area contributed by atoms with Gasteiger partial charge in [0.2, 0.25) is 5.91 Å². The minimum absolute atomic E-state index is 0.0924. The number of halogens is 1. The van der Waals surface area contributed by atoms with E-state index in [0.29, 0.717) is 29.9 Å². The van der Waals surface area contributed by atoms with Crippen LogP contribution in [0.3, 0.4) is 0 Å². The third-order valence-corrected chi connectivity index (χ3v) is 5.22. The van der Waals surface area contributed by atoms with E-state index in [1.54, 1.807) is 30.5 Å². The summed E-state index contributed by atoms with van der Waals surface area (Å²) in [4.78, 5) is 19.6. The molecule has 1 atom stereocenters. The third kappa shape index (κ3) is 6.17. The summed E-state index contributed by atoms with van der Waals surface area (Å²) in [6.07, 6.45) is 11.8. The number of fused-ring (bicyclic) bond motifs is 1. The Balaban J connectivity index is 1.59. The number of hydrogen-bond acceptors (Lipinski definition) is 4. The number of aromatic nitrogens is 2. The molecule has 33 heavy (non-hydrogen) atoms. The summed E-state index contributed by atoms with van der Waals surface area (Å²) in [7, 11) is 0. The Kier molecular flexibility index (Phi) is 8.16. The summed E-state index contributed by atoms with van der Waals surface area (Å²) in [5.74, 6) is -0.200. The number of carbonyl (C=O) groups excluding carboxylic acids is 1. The largest absolute Gasteiger partial charge is 0.453 e. The van der Waals surface area contributed by atoms with E-state index in [9.17, 15) is 9.18 Å². The van der Waals surface area contributed by atoms with Crippen LogP contribution < -0.4 is 15.8 Å². The molecule has 0 radical (unpaired) electrons. The number of pyridine rings is 1. The summed E-state index contributed by atoms with van der Waals surface area (Å²) in [5, 5.41) is 3.62. The zero-order chi connectivity index (χ0) is 23.8. The second-order valence-electron chi connectivity index (χ2n) is 7.69. The molecule has 0 saturated carbocycles. The van der Waals surface area contributed by atoms with E-state index in [2.05, 4.69) is 21.9 Å². The number of aromatic amines is 1. The number of rotatable bonds is 10. The van der Waals surface area contributed by atoms with E-state index in [0.717, 1.165) is 16.5 Å². The summed E-state index contributed by atoms with van der Waals surface area (Å²) >= 11 is 0. The van der Waals surface area contributed by atoms with Crippen LogP contribution in [0.1, 0.15) is 24.5 Å². The number of nitrogens with one attached hydrogen (secondary N) is 2. The number of benzene rings is 1. The number of nitrogens with two attached hydrogens (primary N) is 1. The summed E-state index contributed by atoms with van der Waals surface area (Å²) in [6, 6.07) is 5.52. The number of hydrogen-bond donors (Lipinski definition) is 3. The van der Waals surface area contributed by atoms with Crippen LogP contribution in [0, 0.1) is 12.7 Å². The molecule has 7 heteroatoms. The van der Waals surface area contributed by atoms with Crippen molar-refractivity contribution in [3.05, 3.63) is 90.1 Å². The number of amides is 1. The first-order valence-corrected chi connectivity index (χ1v) is 10.8. The van der Waals surface area contributed by atoms with E-state index in [1.807, 2.05) is 38.3 Å². The van der Waals surface area contributed by atoms with Crippen LogP contribution in [0.25, 0.3) is 11.0 Å². The first-order chi connectivity index (χ1) is 15.9. The first-order valence-electron chi connectivity index (χ1n) is 10.8. The van der Waals surface area contributed by atoms with Crippen molar-refractivity contribution in [2.45, 2.75) is 32.7 Å². The average molecular weight is 449 g/mol. The molecule has 0 spiro atoms. The Labute approximate surface area is 193 Å². The van der Waals surface area contributed by atoms with Gasteiger partial charge in [0, 0.05) is 18.9 Å². The standard InChI is InChI=1S/C26H29FN4O2/c1-4-6-7-18(5-2)10-12-30-26(32)21(28)15-19-8-9-22(20(27)14-19)33-23-11-13-29-25-24(23)17(3)16-31-25/h4-9,11,13-14,16,21H,2,10,12,15,28H2,1,3H3,(H,29,31)(H,30,32)/b6-4-,18-7+. The van der Waals surface area contributed by atoms with E-state index in [1.165, 1.54) is 6.07 Å². The van der Waals surface area contributed by atoms with Gasteiger partial charge in [0.15, 0.2) is 11.6 Å². The first kappa shape index (κ1) is 23.9. The summed E-state index contributed by atoms with van der Waals surface area (Å²) < 4.78 is 20.6. The Bertz CT molecular complexity index is 1200. The number of carbonyl (C=O) groups is 1. The highest BCUT2D eigenvalue weighted by molar-refractivity contribution is 5.86. The normalized spacial score (nSPS) is 12.8. The molecule has 0 saturated heterocycles. The number of aryl methyl sites for hydroxylation is 1. The molecule has 3 aromatic rings. The fourth-order valence-electron chi connectivity index (χ4n) is 3.42. The second kappa shape index (κ2) is 11.2. The Morgan fingerprint density at radius 2 is 2.18 bits per heavy atom. The lowest BCUT2D eigenvalue weighted by atomic mass is 10.1. The maximum atomic E-state index is 14.7. The molecule has 2 aromatic heterocycles. The van der Waals surface area contributed by atoms with Crippen molar-refractivity contribution in [1.29, 1.82) is 0 Å². The second-order valence-corrected chi connectivity index (χ2v) is 7.69. The third-order valence-electron chi connectivity index (χ3n) is 5.22. The summed E-state index contributed by atoms with van der Waals surface area (Å²) in [5.41, 5.74) is 9.30. The number of nitrogens with zero attached hydrogens (tertiary/aromatic N) is 1. The van der Waals surface area contributed by atoms with Gasteiger partial charge in [0.1, 0.15) is 11.4 Å². The SMILES string of the molecule is C=C/C(=C\C=C/C)CCNC(=O)C(N)Cc1ccc(Oc2ccnc3[nH]cc(C)c23)c(F)c1. The Morgan fingerprint density at radius 3 is 2.91 bits per heavy atom. The molecule has 0 aliphatic rings. The monoisotopic (exact) mass is 448 g/mol. The van der Waals surface area contributed by atoms with Gasteiger partial charge in [-0.05, 0) is 61.6 Å². The van der Waals surface area contributed by atoms with Crippen molar-refractivity contribution in [1.82, 2.24) is 15.3 Å². The van der Waals surface area contributed by atoms with Crippen LogP contribution in [-0.2, 0) is 11.2 Å². The van der Waals surface area contributed by atoms with Crippen molar-refractivity contribution in [2.24, 2.45) is 5.73 Å². The van der Waals surface area contributed by atoms with Crippen LogP contribution in [0.5, 0.6) is 11.5 Å². The molecule has 3 rings (SSSR count). The number of allylic oxidation sites excluding steroid dienone is 4. The molecule has 2 heterocycles. The molecule has 1 aromatic carbocycles. The van der Waals surface area contributed by atoms with Crippen molar-refractivity contribution in [2.75, 3.05) is 6.54 Å². The number of H-pyrrole nitrogens is 1. The van der Waals surface area contributed by atoms with Gasteiger partial charge in [-0.3, -0.25) is 4.79 Å². The Morgan fingerprint density at radius 1 is 1.36 bits per heavy atom. The zero-order valence-electron chi connectivity index (χ0n) is 18.9. The van der Waals surface area contributed by atoms with Gasteiger partial charge in [-0.1, -0.05) is 36.9 Å². The van der Waals surface area contributed by atoms with Gasteiger partial charge in [0.05, 0.1) is 11.4 Å². The van der Waals surface area contributed by atoms with Gasteiger partial charge >= 0.3 is 0 Å². The van der Waals surface area contributed by atoms with Crippen molar-refractivity contribution >= 4 is 16.9 Å². The lowest BCUT2D eigenvalue weighted by Gasteiger charge is -2.14. The quantitative estimate of drug-likeness (QED) is 0.386. The topological polar surface area (TPSA) is 93.0 Å². The molecule has 1 amide bonds. The molecule has 172 valence electrons. The maximum absolute atomic E-state index is 14.7. The molecule has 1 unspecified atom stereocenters. The van der Waals surface area contributed by atoms with Crippen molar-refractivity contribution < 1.29 is 13.9 Å². The molecule has 4 N–H and O–H groups in total. The predicted octanol–water partition coefficient (Wildman–Crippen LogP) is 4.87. The van der Waals surface area contributed by atoms with E-state index < -0.39 is 11.9 Å². The van der Waals surface area contributed by atoms with Gasteiger partial charge in [0.25, 0.3) is 0 Å². The molecule has 0 aliphatic carbocycles. The van der Waals surface area contributed by atoms with Crippen LogP contribution in [0.2, 0.25) is 0 Å². The lowest BCUT2D eigenvalue weighted by Crippen LogP contribution is -2.42. The van der Waals surface area contributed by atoms with Crippen molar-refractivity contribution in [3.63, 3.8) is 0 Å². The fraction of sp³-hybridized carbons (Fsp3) is 0.231. The van der Waals surface area contributed by atoms with Crippen molar-refractivity contribution in [3.8, 4) is 11.5 Å². The Hall–Kier alpha value is -3.71. The minimum atomic E-state index is -0.787. The van der Waals surface area contributed by atoms with E-state index in [4.69, 9.17) is 10.5 Å². The molecular formula is C26H29FN4O2. The highest BCUT2D eigenvalue weighted by atomic mass is 19.1. The summed E-state index contributed by atoms with van der Waals surface area (Å²) in [6.45, 7) is 8.07. The van der Waals surface area contributed by atoms with Crippen LogP contribution in [0.15, 0.2) is 73.1 Å². The molecule has 0 aliphatic heterocycles. The lowest BCUT2D eigenvalue weighted by molar-refractivity contribution is -0.122. The average Bonchev–Trinajstić information content (AvgIpc) is 3.19. The molecule has 0 fully saturated rings.